The van der Waals surface area contributed by atoms with E-state index in [1.165, 1.54) is 0 Å². The number of nitrogens with zero attached hydrogens (tertiary/aromatic N) is 5. The SMILES string of the molecule is CCC(C)(C)n1nnnc1[C@@H](C(C)C)N(Cc1ccco1)Cc1cc2ccc(OC)cc2[nH]c1=O. The van der Waals surface area contributed by atoms with E-state index in [4.69, 9.17) is 9.15 Å². The molecule has 0 spiro atoms. The van der Waals surface area contributed by atoms with E-state index in [0.29, 0.717) is 24.4 Å². The molecule has 0 aliphatic rings. The fraction of sp³-hybridized carbons (Fsp3) is 0.462. The first-order chi connectivity index (χ1) is 16.7. The van der Waals surface area contributed by atoms with Crippen LogP contribution in [0.5, 0.6) is 5.75 Å². The fourth-order valence-corrected chi connectivity index (χ4v) is 4.39. The first-order valence-electron chi connectivity index (χ1n) is 12.0. The summed E-state index contributed by atoms with van der Waals surface area (Å²) in [5.74, 6) is 2.46. The van der Waals surface area contributed by atoms with Crippen molar-refractivity contribution in [1.29, 1.82) is 0 Å². The summed E-state index contributed by atoms with van der Waals surface area (Å²) in [6, 6.07) is 11.3. The van der Waals surface area contributed by atoms with Crippen LogP contribution in [-0.2, 0) is 18.6 Å². The summed E-state index contributed by atoms with van der Waals surface area (Å²) in [6.07, 6.45) is 2.54. The van der Waals surface area contributed by atoms with Gasteiger partial charge in [-0.05, 0) is 72.3 Å². The monoisotopic (exact) mass is 478 g/mol. The van der Waals surface area contributed by atoms with Gasteiger partial charge in [0, 0.05) is 18.2 Å². The average molecular weight is 479 g/mol. The molecule has 4 rings (SSSR count). The van der Waals surface area contributed by atoms with Gasteiger partial charge in [0.15, 0.2) is 5.82 Å². The maximum Gasteiger partial charge on any atom is 0.252 e. The third kappa shape index (κ3) is 5.14. The number of methoxy groups -OCH3 is 1. The predicted molar refractivity (Wildman–Crippen MR) is 134 cm³/mol. The van der Waals surface area contributed by atoms with E-state index < -0.39 is 0 Å². The Morgan fingerprint density at radius 2 is 2.00 bits per heavy atom. The first kappa shape index (κ1) is 24.7. The van der Waals surface area contributed by atoms with Crippen LogP contribution in [-0.4, -0.2) is 37.2 Å². The quantitative estimate of drug-likeness (QED) is 0.354. The van der Waals surface area contributed by atoms with Crippen LogP contribution in [0, 0.1) is 5.92 Å². The molecule has 0 aliphatic heterocycles. The van der Waals surface area contributed by atoms with Gasteiger partial charge in [0.25, 0.3) is 5.56 Å². The molecular weight excluding hydrogens is 444 g/mol. The van der Waals surface area contributed by atoms with E-state index in [1.54, 1.807) is 13.4 Å². The normalized spacial score (nSPS) is 13.1. The number of aromatic nitrogens is 5. The molecule has 35 heavy (non-hydrogen) atoms. The van der Waals surface area contributed by atoms with Crippen molar-refractivity contribution in [2.24, 2.45) is 5.92 Å². The molecule has 186 valence electrons. The first-order valence-corrected chi connectivity index (χ1v) is 12.0. The number of H-pyrrole nitrogens is 1. The number of hydrogen-bond donors (Lipinski definition) is 1. The molecular formula is C26H34N6O3. The number of tetrazole rings is 1. The lowest BCUT2D eigenvalue weighted by molar-refractivity contribution is 0.109. The lowest BCUT2D eigenvalue weighted by Gasteiger charge is -2.35. The third-order valence-corrected chi connectivity index (χ3v) is 6.66. The van der Waals surface area contributed by atoms with Crippen molar-refractivity contribution in [3.05, 3.63) is 70.2 Å². The molecule has 0 saturated carbocycles. The number of aromatic amines is 1. The van der Waals surface area contributed by atoms with Crippen LogP contribution in [0.15, 0.2) is 51.9 Å². The Morgan fingerprint density at radius 1 is 1.20 bits per heavy atom. The summed E-state index contributed by atoms with van der Waals surface area (Å²) in [5.41, 5.74) is 1.02. The standard InChI is InChI=1S/C26H34N6O3/c1-7-26(4,5)32-24(28-29-30-32)23(17(2)3)31(16-21-9-8-12-35-21)15-19-13-18-10-11-20(34-6)14-22(18)27-25(19)33/h8-14,17,23H,7,15-16H2,1-6H3,(H,27,33)/t23-/m1/s1. The summed E-state index contributed by atoms with van der Waals surface area (Å²) in [5, 5.41) is 13.8. The van der Waals surface area contributed by atoms with Crippen LogP contribution in [0.4, 0.5) is 0 Å². The summed E-state index contributed by atoms with van der Waals surface area (Å²) < 4.78 is 12.9. The molecule has 0 amide bonds. The van der Waals surface area contributed by atoms with Crippen molar-refractivity contribution < 1.29 is 9.15 Å². The molecule has 3 aromatic heterocycles. The lowest BCUT2D eigenvalue weighted by Crippen LogP contribution is -2.38. The minimum atomic E-state index is -0.248. The highest BCUT2D eigenvalue weighted by Crippen LogP contribution is 2.33. The summed E-state index contributed by atoms with van der Waals surface area (Å²) in [7, 11) is 1.61. The van der Waals surface area contributed by atoms with Gasteiger partial charge in [-0.1, -0.05) is 20.8 Å². The average Bonchev–Trinajstić information content (AvgIpc) is 3.52. The maximum absolute atomic E-state index is 13.1. The Balaban J connectivity index is 1.78. The lowest BCUT2D eigenvalue weighted by atomic mass is 9.97. The van der Waals surface area contributed by atoms with Crippen LogP contribution in [0.3, 0.4) is 0 Å². The van der Waals surface area contributed by atoms with Crippen LogP contribution >= 0.6 is 0 Å². The molecule has 9 heteroatoms. The van der Waals surface area contributed by atoms with E-state index in [2.05, 4.69) is 60.0 Å². The van der Waals surface area contributed by atoms with Crippen LogP contribution in [0.2, 0.25) is 0 Å². The minimum Gasteiger partial charge on any atom is -0.497 e. The summed E-state index contributed by atoms with van der Waals surface area (Å²) in [4.78, 5) is 18.4. The van der Waals surface area contributed by atoms with Gasteiger partial charge >= 0.3 is 0 Å². The van der Waals surface area contributed by atoms with E-state index in [-0.39, 0.29) is 23.1 Å². The number of furan rings is 1. The number of hydrogen-bond acceptors (Lipinski definition) is 7. The van der Waals surface area contributed by atoms with E-state index in [1.807, 2.05) is 41.1 Å². The Kier molecular flexibility index (Phi) is 7.07. The van der Waals surface area contributed by atoms with Gasteiger partial charge in [-0.15, -0.1) is 5.10 Å². The maximum atomic E-state index is 13.1. The van der Waals surface area contributed by atoms with Gasteiger partial charge in [-0.2, -0.15) is 0 Å². The van der Waals surface area contributed by atoms with Gasteiger partial charge in [0.05, 0.1) is 37.0 Å². The predicted octanol–water partition coefficient (Wildman–Crippen LogP) is 4.66. The van der Waals surface area contributed by atoms with Crippen molar-refractivity contribution >= 4 is 10.9 Å². The molecule has 4 aromatic rings. The molecule has 0 fully saturated rings. The Bertz CT molecular complexity index is 1320. The van der Waals surface area contributed by atoms with Crippen LogP contribution < -0.4 is 10.3 Å². The van der Waals surface area contributed by atoms with Gasteiger partial charge in [0.1, 0.15) is 11.5 Å². The zero-order valence-corrected chi connectivity index (χ0v) is 21.3. The highest BCUT2D eigenvalue weighted by Gasteiger charge is 2.34. The van der Waals surface area contributed by atoms with Gasteiger partial charge < -0.3 is 14.1 Å². The topological polar surface area (TPSA) is 102 Å². The third-order valence-electron chi connectivity index (χ3n) is 6.66. The van der Waals surface area contributed by atoms with Crippen molar-refractivity contribution in [3.63, 3.8) is 0 Å². The second-order valence-corrected chi connectivity index (χ2v) is 9.86. The van der Waals surface area contributed by atoms with Crippen molar-refractivity contribution in [2.75, 3.05) is 7.11 Å². The molecule has 0 radical (unpaired) electrons. The summed E-state index contributed by atoms with van der Waals surface area (Å²) in [6.45, 7) is 11.6. The highest BCUT2D eigenvalue weighted by molar-refractivity contribution is 5.80. The molecule has 0 aliphatic carbocycles. The smallest absolute Gasteiger partial charge is 0.252 e. The van der Waals surface area contributed by atoms with Gasteiger partial charge in [0.2, 0.25) is 0 Å². The molecule has 0 unspecified atom stereocenters. The number of rotatable bonds is 10. The Labute approximate surface area is 205 Å². The zero-order valence-electron chi connectivity index (χ0n) is 21.3. The fourth-order valence-electron chi connectivity index (χ4n) is 4.39. The molecule has 1 aromatic carbocycles. The molecule has 0 saturated heterocycles. The zero-order chi connectivity index (χ0) is 25.2. The molecule has 1 atom stereocenters. The van der Waals surface area contributed by atoms with Crippen molar-refractivity contribution in [2.45, 2.75) is 65.7 Å². The second kappa shape index (κ2) is 10.0. The molecule has 3 heterocycles. The van der Waals surface area contributed by atoms with Crippen molar-refractivity contribution in [1.82, 2.24) is 30.1 Å². The van der Waals surface area contributed by atoms with E-state index in [9.17, 15) is 4.79 Å². The van der Waals surface area contributed by atoms with Gasteiger partial charge in [-0.25, -0.2) is 4.68 Å². The van der Waals surface area contributed by atoms with Crippen LogP contribution in [0.25, 0.3) is 10.9 Å². The number of benzene rings is 1. The minimum absolute atomic E-state index is 0.133. The largest absolute Gasteiger partial charge is 0.497 e. The molecule has 9 nitrogen and oxygen atoms in total. The summed E-state index contributed by atoms with van der Waals surface area (Å²) >= 11 is 0. The second-order valence-electron chi connectivity index (χ2n) is 9.86. The highest BCUT2D eigenvalue weighted by atomic mass is 16.5. The van der Waals surface area contributed by atoms with E-state index in [0.717, 1.165) is 28.9 Å². The van der Waals surface area contributed by atoms with Crippen molar-refractivity contribution in [3.8, 4) is 5.75 Å². The van der Waals surface area contributed by atoms with Gasteiger partial charge in [-0.3, -0.25) is 9.69 Å². The van der Waals surface area contributed by atoms with Crippen LogP contribution in [0.1, 0.15) is 64.2 Å². The number of pyridine rings is 1. The Hall–Kier alpha value is -3.46. The number of nitrogens with one attached hydrogen (secondary N) is 1. The van der Waals surface area contributed by atoms with E-state index >= 15 is 0 Å². The molecule has 1 N–H and O–H groups in total. The molecule has 0 bridgehead atoms. The Morgan fingerprint density at radius 3 is 2.66 bits per heavy atom. The number of ether oxygens (including phenoxy) is 1. The number of fused-ring (bicyclic) bond motifs is 1.